The number of amides is 1. The summed E-state index contributed by atoms with van der Waals surface area (Å²) in [6, 6.07) is 7.64. The van der Waals surface area contributed by atoms with Crippen molar-refractivity contribution >= 4 is 16.8 Å². The van der Waals surface area contributed by atoms with Gasteiger partial charge in [0.2, 0.25) is 0 Å². The van der Waals surface area contributed by atoms with Crippen molar-refractivity contribution in [2.24, 2.45) is 7.05 Å². The molecular formula is C15H16N4O. The SMILES string of the molecule is CN(Cc1nccn1C)C(=O)c1cccc2[nH]ccc12. The molecule has 102 valence electrons. The van der Waals surface area contributed by atoms with Crippen LogP contribution in [0.4, 0.5) is 0 Å². The molecule has 2 aromatic heterocycles. The molecule has 0 aliphatic heterocycles. The first-order chi connectivity index (χ1) is 9.66. The number of benzene rings is 1. The zero-order valence-corrected chi connectivity index (χ0v) is 11.5. The van der Waals surface area contributed by atoms with Crippen LogP contribution in [-0.4, -0.2) is 32.4 Å². The Labute approximate surface area is 116 Å². The monoisotopic (exact) mass is 268 g/mol. The van der Waals surface area contributed by atoms with E-state index in [1.807, 2.05) is 48.3 Å². The van der Waals surface area contributed by atoms with Crippen molar-refractivity contribution in [3.05, 3.63) is 54.2 Å². The van der Waals surface area contributed by atoms with Crippen molar-refractivity contribution in [3.63, 3.8) is 0 Å². The van der Waals surface area contributed by atoms with Crippen LogP contribution in [0.5, 0.6) is 0 Å². The largest absolute Gasteiger partial charge is 0.361 e. The zero-order valence-electron chi connectivity index (χ0n) is 11.5. The molecule has 0 atom stereocenters. The van der Waals surface area contributed by atoms with Crippen LogP contribution < -0.4 is 0 Å². The molecule has 1 amide bonds. The molecule has 0 aliphatic rings. The average molecular weight is 268 g/mol. The lowest BCUT2D eigenvalue weighted by atomic mass is 10.1. The first kappa shape index (κ1) is 12.5. The lowest BCUT2D eigenvalue weighted by Gasteiger charge is -2.17. The predicted octanol–water partition coefficient (Wildman–Crippen LogP) is 2.17. The lowest BCUT2D eigenvalue weighted by molar-refractivity contribution is 0.0782. The van der Waals surface area contributed by atoms with E-state index in [1.54, 1.807) is 18.1 Å². The molecule has 3 rings (SSSR count). The van der Waals surface area contributed by atoms with Crippen molar-refractivity contribution in [1.82, 2.24) is 19.4 Å². The molecule has 0 spiro atoms. The molecule has 1 N–H and O–H groups in total. The number of hydrogen-bond acceptors (Lipinski definition) is 2. The van der Waals surface area contributed by atoms with Crippen molar-refractivity contribution < 1.29 is 4.79 Å². The second-order valence-corrected chi connectivity index (χ2v) is 4.86. The summed E-state index contributed by atoms with van der Waals surface area (Å²) in [6.45, 7) is 0.489. The molecule has 5 nitrogen and oxygen atoms in total. The average Bonchev–Trinajstić information content (AvgIpc) is 3.07. The van der Waals surface area contributed by atoms with E-state index < -0.39 is 0 Å². The molecule has 0 bridgehead atoms. The smallest absolute Gasteiger partial charge is 0.254 e. The molecule has 3 aromatic rings. The third kappa shape index (κ3) is 2.07. The van der Waals surface area contributed by atoms with Crippen LogP contribution in [-0.2, 0) is 13.6 Å². The van der Waals surface area contributed by atoms with Gasteiger partial charge in [-0.3, -0.25) is 4.79 Å². The number of carbonyl (C=O) groups is 1. The summed E-state index contributed by atoms with van der Waals surface area (Å²) >= 11 is 0. The Hall–Kier alpha value is -2.56. The fraction of sp³-hybridized carbons (Fsp3) is 0.200. The number of fused-ring (bicyclic) bond motifs is 1. The Kier molecular flexibility index (Phi) is 3.02. The van der Waals surface area contributed by atoms with Crippen LogP contribution in [0, 0.1) is 0 Å². The van der Waals surface area contributed by atoms with Gasteiger partial charge in [-0.25, -0.2) is 4.98 Å². The highest BCUT2D eigenvalue weighted by Gasteiger charge is 2.16. The van der Waals surface area contributed by atoms with Crippen LogP contribution in [0.3, 0.4) is 0 Å². The number of aryl methyl sites for hydroxylation is 1. The Morgan fingerprint density at radius 3 is 3.00 bits per heavy atom. The highest BCUT2D eigenvalue weighted by molar-refractivity contribution is 6.06. The van der Waals surface area contributed by atoms with Gasteiger partial charge in [-0.2, -0.15) is 0 Å². The maximum Gasteiger partial charge on any atom is 0.254 e. The van der Waals surface area contributed by atoms with Crippen LogP contribution >= 0.6 is 0 Å². The minimum absolute atomic E-state index is 0.00167. The molecular weight excluding hydrogens is 252 g/mol. The molecule has 0 fully saturated rings. The van der Waals surface area contributed by atoms with E-state index in [4.69, 9.17) is 0 Å². The normalized spacial score (nSPS) is 10.9. The van der Waals surface area contributed by atoms with Crippen LogP contribution in [0.25, 0.3) is 10.9 Å². The van der Waals surface area contributed by atoms with Gasteiger partial charge in [-0.15, -0.1) is 0 Å². The highest BCUT2D eigenvalue weighted by atomic mass is 16.2. The minimum Gasteiger partial charge on any atom is -0.361 e. The van der Waals surface area contributed by atoms with E-state index in [0.717, 1.165) is 16.7 Å². The van der Waals surface area contributed by atoms with E-state index in [0.29, 0.717) is 12.1 Å². The Balaban J connectivity index is 1.88. The lowest BCUT2D eigenvalue weighted by Crippen LogP contribution is -2.27. The van der Waals surface area contributed by atoms with Crippen LogP contribution in [0.2, 0.25) is 0 Å². The van der Waals surface area contributed by atoms with Gasteiger partial charge in [0.05, 0.1) is 6.54 Å². The molecule has 2 heterocycles. The number of carbonyl (C=O) groups excluding carboxylic acids is 1. The fourth-order valence-electron chi connectivity index (χ4n) is 2.31. The summed E-state index contributed by atoms with van der Waals surface area (Å²) in [5.74, 6) is 0.861. The quantitative estimate of drug-likeness (QED) is 0.791. The third-order valence-corrected chi connectivity index (χ3v) is 3.47. The van der Waals surface area contributed by atoms with E-state index in [2.05, 4.69) is 9.97 Å². The summed E-state index contributed by atoms with van der Waals surface area (Å²) in [5, 5.41) is 0.948. The molecule has 1 aromatic carbocycles. The van der Waals surface area contributed by atoms with Crippen LogP contribution in [0.15, 0.2) is 42.9 Å². The molecule has 0 radical (unpaired) electrons. The van der Waals surface area contributed by atoms with E-state index in [9.17, 15) is 4.79 Å². The summed E-state index contributed by atoms with van der Waals surface area (Å²) in [7, 11) is 3.72. The Morgan fingerprint density at radius 1 is 1.40 bits per heavy atom. The van der Waals surface area contributed by atoms with Crippen LogP contribution in [0.1, 0.15) is 16.2 Å². The molecule has 0 aliphatic carbocycles. The number of nitrogens with one attached hydrogen (secondary N) is 1. The highest BCUT2D eigenvalue weighted by Crippen LogP contribution is 2.19. The van der Waals surface area contributed by atoms with Gasteiger partial charge in [0, 0.05) is 49.2 Å². The van der Waals surface area contributed by atoms with E-state index in [-0.39, 0.29) is 5.91 Å². The maximum atomic E-state index is 12.6. The van der Waals surface area contributed by atoms with E-state index in [1.165, 1.54) is 0 Å². The van der Waals surface area contributed by atoms with Gasteiger partial charge in [0.25, 0.3) is 5.91 Å². The first-order valence-electron chi connectivity index (χ1n) is 6.44. The molecule has 0 saturated heterocycles. The molecule has 5 heteroatoms. The zero-order chi connectivity index (χ0) is 14.1. The Bertz CT molecular complexity index is 756. The van der Waals surface area contributed by atoms with Gasteiger partial charge in [0.15, 0.2) is 0 Å². The number of H-pyrrole nitrogens is 1. The van der Waals surface area contributed by atoms with Gasteiger partial charge in [0.1, 0.15) is 5.82 Å². The standard InChI is InChI=1S/C15H16N4O/c1-18-9-8-17-14(18)10-19(2)15(20)12-4-3-5-13-11(12)6-7-16-13/h3-9,16H,10H2,1-2H3. The number of aromatic amines is 1. The number of rotatable bonds is 3. The second-order valence-electron chi connectivity index (χ2n) is 4.86. The first-order valence-corrected chi connectivity index (χ1v) is 6.44. The second kappa shape index (κ2) is 4.85. The Morgan fingerprint density at radius 2 is 2.25 bits per heavy atom. The summed E-state index contributed by atoms with van der Waals surface area (Å²) in [5.41, 5.74) is 1.68. The van der Waals surface area contributed by atoms with Gasteiger partial charge in [-0.1, -0.05) is 6.07 Å². The van der Waals surface area contributed by atoms with Gasteiger partial charge < -0.3 is 14.5 Å². The molecule has 0 unspecified atom stereocenters. The van der Waals surface area contributed by atoms with Crippen molar-refractivity contribution in [2.75, 3.05) is 7.05 Å². The summed E-state index contributed by atoms with van der Waals surface area (Å²) in [4.78, 5) is 21.6. The molecule has 0 saturated carbocycles. The number of aromatic nitrogens is 3. The van der Waals surface area contributed by atoms with Crippen molar-refractivity contribution in [3.8, 4) is 0 Å². The number of hydrogen-bond donors (Lipinski definition) is 1. The van der Waals surface area contributed by atoms with Gasteiger partial charge in [-0.05, 0) is 18.2 Å². The maximum absolute atomic E-state index is 12.6. The number of nitrogens with zero attached hydrogens (tertiary/aromatic N) is 3. The predicted molar refractivity (Wildman–Crippen MR) is 77.3 cm³/mol. The topological polar surface area (TPSA) is 53.9 Å². The van der Waals surface area contributed by atoms with E-state index >= 15 is 0 Å². The molecule has 20 heavy (non-hydrogen) atoms. The van der Waals surface area contributed by atoms with Gasteiger partial charge >= 0.3 is 0 Å². The fourth-order valence-corrected chi connectivity index (χ4v) is 2.31. The van der Waals surface area contributed by atoms with Crippen molar-refractivity contribution in [1.29, 1.82) is 0 Å². The third-order valence-electron chi connectivity index (χ3n) is 3.47. The van der Waals surface area contributed by atoms with Crippen molar-refractivity contribution in [2.45, 2.75) is 6.54 Å². The summed E-state index contributed by atoms with van der Waals surface area (Å²) in [6.07, 6.45) is 5.46. The number of imidazole rings is 1. The summed E-state index contributed by atoms with van der Waals surface area (Å²) < 4.78 is 1.92. The minimum atomic E-state index is -0.00167.